The number of nitrogens with zero attached hydrogens (tertiary/aromatic N) is 3. The summed E-state index contributed by atoms with van der Waals surface area (Å²) < 4.78 is 6.79. The van der Waals surface area contributed by atoms with Crippen LogP contribution in [0.1, 0.15) is 18.2 Å². The molecule has 0 radical (unpaired) electrons. The molecule has 0 spiro atoms. The molecule has 0 aliphatic rings. The fourth-order valence-corrected chi connectivity index (χ4v) is 2.05. The number of nitrogens with one attached hydrogen (secondary N) is 1. The highest BCUT2D eigenvalue weighted by Crippen LogP contribution is 2.13. The molecule has 116 valence electrons. The van der Waals surface area contributed by atoms with Gasteiger partial charge in [0.05, 0.1) is 12.3 Å². The van der Waals surface area contributed by atoms with Crippen molar-refractivity contribution in [1.29, 1.82) is 0 Å². The molecule has 1 aromatic carbocycles. The van der Waals surface area contributed by atoms with Crippen LogP contribution in [0.4, 0.5) is 5.95 Å². The lowest BCUT2D eigenvalue weighted by atomic mass is 10.2. The van der Waals surface area contributed by atoms with E-state index in [0.29, 0.717) is 24.7 Å². The van der Waals surface area contributed by atoms with Crippen molar-refractivity contribution in [2.24, 2.45) is 5.10 Å². The summed E-state index contributed by atoms with van der Waals surface area (Å²) in [5.41, 5.74) is 1.66. The third-order valence-electron chi connectivity index (χ3n) is 3.27. The van der Waals surface area contributed by atoms with Crippen LogP contribution in [0.25, 0.3) is 0 Å². The molecule has 1 heterocycles. The molecule has 0 bridgehead atoms. The quantitative estimate of drug-likeness (QED) is 0.793. The highest BCUT2D eigenvalue weighted by molar-refractivity contribution is 5.31. The largest absolute Gasteiger partial charge is 0.493 e. The summed E-state index contributed by atoms with van der Waals surface area (Å²) in [6.07, 6.45) is 1.54. The topological polar surface area (TPSA) is 68.5 Å². The summed E-state index contributed by atoms with van der Waals surface area (Å²) >= 11 is 0. The van der Waals surface area contributed by atoms with Gasteiger partial charge < -0.3 is 10.1 Å². The summed E-state index contributed by atoms with van der Waals surface area (Å²) in [7, 11) is 1.68. The first kappa shape index (κ1) is 15.8. The smallest absolute Gasteiger partial charge is 0.275 e. The van der Waals surface area contributed by atoms with E-state index in [4.69, 9.17) is 4.74 Å². The second-order valence-electron chi connectivity index (χ2n) is 4.71. The van der Waals surface area contributed by atoms with Gasteiger partial charge in [-0.1, -0.05) is 19.1 Å². The molecule has 0 atom stereocenters. The van der Waals surface area contributed by atoms with Crippen LogP contribution in [-0.2, 0) is 12.8 Å². The van der Waals surface area contributed by atoms with E-state index in [9.17, 15) is 4.79 Å². The summed E-state index contributed by atoms with van der Waals surface area (Å²) in [6, 6.07) is 9.43. The molecule has 2 rings (SSSR count). The van der Waals surface area contributed by atoms with Gasteiger partial charge in [0.1, 0.15) is 5.75 Å². The standard InChI is InChI=1S/C16H20N4O2/c1-4-12-5-7-14(8-6-12)22-10-9-13-11-15(21)20(18-3)16(17-2)19-13/h5-8,11H,3-4,9-10H2,1-2H3,(H,17,19). The highest BCUT2D eigenvalue weighted by Gasteiger charge is 2.06. The highest BCUT2D eigenvalue weighted by atomic mass is 16.5. The van der Waals surface area contributed by atoms with Crippen LogP contribution in [0.15, 0.2) is 40.2 Å². The van der Waals surface area contributed by atoms with Gasteiger partial charge in [0, 0.05) is 26.3 Å². The maximum absolute atomic E-state index is 11.9. The van der Waals surface area contributed by atoms with Gasteiger partial charge >= 0.3 is 0 Å². The number of rotatable bonds is 7. The summed E-state index contributed by atoms with van der Waals surface area (Å²) in [4.78, 5) is 16.2. The predicted molar refractivity (Wildman–Crippen MR) is 88.0 cm³/mol. The number of aromatic nitrogens is 2. The average Bonchev–Trinajstić information content (AvgIpc) is 2.55. The first-order valence-corrected chi connectivity index (χ1v) is 7.17. The van der Waals surface area contributed by atoms with Crippen molar-refractivity contribution < 1.29 is 4.74 Å². The fraction of sp³-hybridized carbons (Fsp3) is 0.312. The minimum absolute atomic E-state index is 0.267. The number of anilines is 1. The van der Waals surface area contributed by atoms with Crippen molar-refractivity contribution in [1.82, 2.24) is 9.66 Å². The zero-order valence-electron chi connectivity index (χ0n) is 12.9. The first-order valence-electron chi connectivity index (χ1n) is 7.17. The van der Waals surface area contributed by atoms with Crippen molar-refractivity contribution >= 4 is 12.7 Å². The predicted octanol–water partition coefficient (Wildman–Crippen LogP) is 1.93. The summed E-state index contributed by atoms with van der Waals surface area (Å²) in [5.74, 6) is 1.18. The Morgan fingerprint density at radius 1 is 1.36 bits per heavy atom. The number of hydrogen-bond acceptors (Lipinski definition) is 5. The van der Waals surface area contributed by atoms with Crippen molar-refractivity contribution in [3.63, 3.8) is 0 Å². The summed E-state index contributed by atoms with van der Waals surface area (Å²) in [6.45, 7) is 5.92. The van der Waals surface area contributed by atoms with E-state index in [-0.39, 0.29) is 5.56 Å². The van der Waals surface area contributed by atoms with E-state index < -0.39 is 0 Å². The van der Waals surface area contributed by atoms with E-state index in [1.165, 1.54) is 11.6 Å². The molecular weight excluding hydrogens is 280 g/mol. The maximum Gasteiger partial charge on any atom is 0.275 e. The molecule has 0 aliphatic carbocycles. The molecule has 6 heteroatoms. The zero-order valence-corrected chi connectivity index (χ0v) is 12.9. The minimum atomic E-state index is -0.267. The SMILES string of the molecule is C=Nn1c(NC)nc(CCOc2ccc(CC)cc2)cc1=O. The molecule has 22 heavy (non-hydrogen) atoms. The van der Waals surface area contributed by atoms with E-state index in [2.05, 4.69) is 29.0 Å². The van der Waals surface area contributed by atoms with Crippen LogP contribution in [0.2, 0.25) is 0 Å². The van der Waals surface area contributed by atoms with Crippen LogP contribution in [0, 0.1) is 0 Å². The Hall–Kier alpha value is -2.63. The molecule has 0 amide bonds. The third-order valence-corrected chi connectivity index (χ3v) is 3.27. The molecule has 0 saturated carbocycles. The lowest BCUT2D eigenvalue weighted by Crippen LogP contribution is -2.21. The van der Waals surface area contributed by atoms with Gasteiger partial charge in [-0.25, -0.2) is 4.98 Å². The molecule has 0 fully saturated rings. The maximum atomic E-state index is 11.9. The van der Waals surface area contributed by atoms with Gasteiger partial charge in [-0.2, -0.15) is 9.78 Å². The molecular formula is C16H20N4O2. The second-order valence-corrected chi connectivity index (χ2v) is 4.71. The van der Waals surface area contributed by atoms with E-state index in [0.717, 1.165) is 16.8 Å². The van der Waals surface area contributed by atoms with Crippen LogP contribution in [0.5, 0.6) is 5.75 Å². The van der Waals surface area contributed by atoms with E-state index in [1.54, 1.807) is 7.05 Å². The van der Waals surface area contributed by atoms with Crippen molar-refractivity contribution in [2.45, 2.75) is 19.8 Å². The molecule has 0 aliphatic heterocycles. The van der Waals surface area contributed by atoms with Crippen LogP contribution in [-0.4, -0.2) is 30.0 Å². The van der Waals surface area contributed by atoms with Gasteiger partial charge in [-0.3, -0.25) is 4.79 Å². The normalized spacial score (nSPS) is 10.3. The zero-order chi connectivity index (χ0) is 15.9. The van der Waals surface area contributed by atoms with Crippen molar-refractivity contribution in [2.75, 3.05) is 19.0 Å². The molecule has 0 saturated heterocycles. The van der Waals surface area contributed by atoms with E-state index >= 15 is 0 Å². The van der Waals surface area contributed by atoms with Gasteiger partial charge in [-0.15, -0.1) is 0 Å². The monoisotopic (exact) mass is 300 g/mol. The van der Waals surface area contributed by atoms with Crippen LogP contribution >= 0.6 is 0 Å². The lowest BCUT2D eigenvalue weighted by molar-refractivity contribution is 0.320. The molecule has 1 N–H and O–H groups in total. The molecule has 0 unspecified atom stereocenters. The van der Waals surface area contributed by atoms with Gasteiger partial charge in [0.25, 0.3) is 5.56 Å². The third kappa shape index (κ3) is 3.72. The number of benzene rings is 1. The fourth-order valence-electron chi connectivity index (χ4n) is 2.05. The Labute approximate surface area is 129 Å². The van der Waals surface area contributed by atoms with Gasteiger partial charge in [0.15, 0.2) is 0 Å². The van der Waals surface area contributed by atoms with Crippen LogP contribution < -0.4 is 15.6 Å². The average molecular weight is 300 g/mol. The first-order chi connectivity index (χ1) is 10.7. The Kier molecular flexibility index (Phi) is 5.30. The number of aryl methyl sites for hydroxylation is 1. The Bertz CT molecular complexity index is 692. The van der Waals surface area contributed by atoms with E-state index in [1.807, 2.05) is 24.3 Å². The Morgan fingerprint density at radius 3 is 2.68 bits per heavy atom. The molecule has 2 aromatic rings. The van der Waals surface area contributed by atoms with Crippen molar-refractivity contribution in [3.8, 4) is 5.75 Å². The molecule has 1 aromatic heterocycles. The van der Waals surface area contributed by atoms with Gasteiger partial charge in [0.2, 0.25) is 5.95 Å². The lowest BCUT2D eigenvalue weighted by Gasteiger charge is -2.09. The number of hydrogen-bond donors (Lipinski definition) is 1. The minimum Gasteiger partial charge on any atom is -0.493 e. The van der Waals surface area contributed by atoms with Crippen molar-refractivity contribution in [3.05, 3.63) is 51.9 Å². The van der Waals surface area contributed by atoms with Gasteiger partial charge in [-0.05, 0) is 24.1 Å². The summed E-state index contributed by atoms with van der Waals surface area (Å²) in [5, 5.41) is 6.45. The second kappa shape index (κ2) is 7.40. The Morgan fingerprint density at radius 2 is 2.09 bits per heavy atom. The molecule has 6 nitrogen and oxygen atoms in total. The Balaban J connectivity index is 2.00. The number of ether oxygens (including phenoxy) is 1. The van der Waals surface area contributed by atoms with Crippen LogP contribution in [0.3, 0.4) is 0 Å².